The van der Waals surface area contributed by atoms with Crippen LogP contribution in [0.5, 0.6) is 0 Å². The van der Waals surface area contributed by atoms with Gasteiger partial charge in [0.1, 0.15) is 6.04 Å². The smallest absolute Gasteiger partial charge is 0.326 e. The van der Waals surface area contributed by atoms with Crippen molar-refractivity contribution in [3.8, 4) is 0 Å². The molecule has 0 saturated carbocycles. The van der Waals surface area contributed by atoms with E-state index in [0.29, 0.717) is 25.4 Å². The number of carbonyl (C=O) groups excluding carboxylic acids is 1. The van der Waals surface area contributed by atoms with Crippen LogP contribution in [0.3, 0.4) is 0 Å². The van der Waals surface area contributed by atoms with Crippen LogP contribution in [-0.2, 0) is 4.79 Å². The van der Waals surface area contributed by atoms with Gasteiger partial charge < -0.3 is 15.3 Å². The van der Waals surface area contributed by atoms with Gasteiger partial charge in [-0.25, -0.2) is 9.59 Å². The van der Waals surface area contributed by atoms with Gasteiger partial charge in [-0.15, -0.1) is 0 Å². The van der Waals surface area contributed by atoms with E-state index in [1.807, 2.05) is 6.92 Å². The Morgan fingerprint density at radius 2 is 2.11 bits per heavy atom. The van der Waals surface area contributed by atoms with Crippen LogP contribution in [0.2, 0.25) is 0 Å². The number of carboxylic acids is 1. The molecule has 1 fully saturated rings. The highest BCUT2D eigenvalue weighted by Crippen LogP contribution is 2.22. The molecule has 1 saturated heterocycles. The van der Waals surface area contributed by atoms with Crippen LogP contribution >= 0.6 is 0 Å². The maximum Gasteiger partial charge on any atom is 0.326 e. The number of amides is 2. The first-order chi connectivity index (χ1) is 8.56. The van der Waals surface area contributed by atoms with Crippen molar-refractivity contribution in [3.63, 3.8) is 0 Å². The molecular weight excluding hydrogens is 232 g/mol. The van der Waals surface area contributed by atoms with Crippen LogP contribution in [0.1, 0.15) is 46.0 Å². The van der Waals surface area contributed by atoms with Crippen molar-refractivity contribution in [2.45, 2.75) is 52.0 Å². The maximum atomic E-state index is 11.9. The van der Waals surface area contributed by atoms with Gasteiger partial charge in [-0.1, -0.05) is 26.7 Å². The number of nitrogens with zero attached hydrogens (tertiary/aromatic N) is 1. The lowest BCUT2D eigenvalue weighted by atomic mass is 9.93. The predicted molar refractivity (Wildman–Crippen MR) is 69.5 cm³/mol. The van der Waals surface area contributed by atoms with Gasteiger partial charge in [0.05, 0.1) is 0 Å². The molecule has 5 heteroatoms. The molecule has 0 aliphatic carbocycles. The molecule has 104 valence electrons. The van der Waals surface area contributed by atoms with E-state index >= 15 is 0 Å². The highest BCUT2D eigenvalue weighted by Gasteiger charge is 2.34. The van der Waals surface area contributed by atoms with Crippen molar-refractivity contribution >= 4 is 12.0 Å². The Bertz CT molecular complexity index is 294. The van der Waals surface area contributed by atoms with E-state index in [4.69, 9.17) is 5.11 Å². The minimum atomic E-state index is -0.898. The van der Waals surface area contributed by atoms with Gasteiger partial charge in [0.2, 0.25) is 0 Å². The fourth-order valence-corrected chi connectivity index (χ4v) is 2.29. The zero-order chi connectivity index (χ0) is 13.5. The molecular formula is C13H24N2O3. The normalized spacial score (nSPS) is 23.8. The van der Waals surface area contributed by atoms with E-state index in [2.05, 4.69) is 12.2 Å². The predicted octanol–water partition coefficient (Wildman–Crippen LogP) is 2.07. The summed E-state index contributed by atoms with van der Waals surface area (Å²) in [5.74, 6) is -0.527. The lowest BCUT2D eigenvalue weighted by molar-refractivity contribution is -0.143. The Labute approximate surface area is 109 Å². The Kier molecular flexibility index (Phi) is 5.95. The molecule has 0 aromatic heterocycles. The van der Waals surface area contributed by atoms with E-state index in [1.54, 1.807) is 0 Å². The Balaban J connectivity index is 2.46. The summed E-state index contributed by atoms with van der Waals surface area (Å²) in [5, 5.41) is 12.0. The Morgan fingerprint density at radius 1 is 1.39 bits per heavy atom. The van der Waals surface area contributed by atoms with Crippen LogP contribution < -0.4 is 5.32 Å². The average molecular weight is 256 g/mol. The SMILES string of the molecule is CCCCCNC(=O)N1CCC(C)CC1C(=O)O. The van der Waals surface area contributed by atoms with E-state index in [9.17, 15) is 9.59 Å². The fraction of sp³-hybridized carbons (Fsp3) is 0.846. The largest absolute Gasteiger partial charge is 0.480 e. The molecule has 5 nitrogen and oxygen atoms in total. The molecule has 2 amide bonds. The number of unbranched alkanes of at least 4 members (excludes halogenated alkanes) is 2. The number of hydrogen-bond acceptors (Lipinski definition) is 2. The highest BCUT2D eigenvalue weighted by atomic mass is 16.4. The average Bonchev–Trinajstić information content (AvgIpc) is 2.34. The van der Waals surface area contributed by atoms with Gasteiger partial charge >= 0.3 is 12.0 Å². The van der Waals surface area contributed by atoms with Gasteiger partial charge in [0.15, 0.2) is 0 Å². The van der Waals surface area contributed by atoms with Crippen molar-refractivity contribution in [2.24, 2.45) is 5.92 Å². The standard InChI is InChI=1S/C13H24N2O3/c1-3-4-5-7-14-13(18)15-8-6-10(2)9-11(15)12(16)17/h10-11H,3-9H2,1-2H3,(H,14,18)(H,16,17). The van der Waals surface area contributed by atoms with Crippen molar-refractivity contribution in [1.29, 1.82) is 0 Å². The molecule has 1 heterocycles. The summed E-state index contributed by atoms with van der Waals surface area (Å²) >= 11 is 0. The third kappa shape index (κ3) is 4.20. The number of carboxylic acid groups (broad SMARTS) is 1. The molecule has 2 atom stereocenters. The van der Waals surface area contributed by atoms with Crippen molar-refractivity contribution < 1.29 is 14.7 Å². The Morgan fingerprint density at radius 3 is 2.72 bits per heavy atom. The number of rotatable bonds is 5. The number of piperidine rings is 1. The monoisotopic (exact) mass is 256 g/mol. The minimum Gasteiger partial charge on any atom is -0.480 e. The summed E-state index contributed by atoms with van der Waals surface area (Å²) < 4.78 is 0. The summed E-state index contributed by atoms with van der Waals surface area (Å²) in [6.07, 6.45) is 4.57. The van der Waals surface area contributed by atoms with Gasteiger partial charge in [0, 0.05) is 13.1 Å². The minimum absolute atomic E-state index is 0.231. The molecule has 0 aromatic rings. The summed E-state index contributed by atoms with van der Waals surface area (Å²) in [4.78, 5) is 24.6. The van der Waals surface area contributed by atoms with Crippen LogP contribution in [-0.4, -0.2) is 41.1 Å². The molecule has 0 radical (unpaired) electrons. The first kappa shape index (κ1) is 14.8. The zero-order valence-corrected chi connectivity index (χ0v) is 11.3. The molecule has 0 bridgehead atoms. The third-order valence-corrected chi connectivity index (χ3v) is 3.47. The number of carbonyl (C=O) groups is 2. The van der Waals surface area contributed by atoms with E-state index in [-0.39, 0.29) is 6.03 Å². The number of aliphatic carboxylic acids is 1. The van der Waals surface area contributed by atoms with Gasteiger partial charge in [-0.3, -0.25) is 0 Å². The van der Waals surface area contributed by atoms with E-state index in [1.165, 1.54) is 4.90 Å². The molecule has 1 rings (SSSR count). The lowest BCUT2D eigenvalue weighted by Gasteiger charge is -2.35. The third-order valence-electron chi connectivity index (χ3n) is 3.47. The van der Waals surface area contributed by atoms with Crippen LogP contribution in [0, 0.1) is 5.92 Å². The topological polar surface area (TPSA) is 69.6 Å². The summed E-state index contributed by atoms with van der Waals surface area (Å²) in [5.41, 5.74) is 0. The van der Waals surface area contributed by atoms with Gasteiger partial charge in [-0.05, 0) is 25.2 Å². The number of urea groups is 1. The van der Waals surface area contributed by atoms with Crippen LogP contribution in [0.4, 0.5) is 4.79 Å². The second kappa shape index (κ2) is 7.24. The lowest BCUT2D eigenvalue weighted by Crippen LogP contribution is -2.53. The number of likely N-dealkylation sites (tertiary alicyclic amines) is 1. The maximum absolute atomic E-state index is 11.9. The van der Waals surface area contributed by atoms with Crippen LogP contribution in [0.25, 0.3) is 0 Å². The highest BCUT2D eigenvalue weighted by molar-refractivity contribution is 5.82. The molecule has 0 aromatic carbocycles. The first-order valence-electron chi connectivity index (χ1n) is 6.83. The summed E-state index contributed by atoms with van der Waals surface area (Å²) in [6, 6.07) is -0.898. The molecule has 2 N–H and O–H groups in total. The second-order valence-electron chi connectivity index (χ2n) is 5.12. The number of nitrogens with one attached hydrogen (secondary N) is 1. The van der Waals surface area contributed by atoms with E-state index in [0.717, 1.165) is 25.7 Å². The Hall–Kier alpha value is -1.26. The summed E-state index contributed by atoms with van der Waals surface area (Å²) in [6.45, 7) is 5.31. The fourth-order valence-electron chi connectivity index (χ4n) is 2.29. The molecule has 1 aliphatic rings. The van der Waals surface area contributed by atoms with Crippen molar-refractivity contribution in [3.05, 3.63) is 0 Å². The van der Waals surface area contributed by atoms with Gasteiger partial charge in [-0.2, -0.15) is 0 Å². The molecule has 18 heavy (non-hydrogen) atoms. The van der Waals surface area contributed by atoms with Gasteiger partial charge in [0.25, 0.3) is 0 Å². The zero-order valence-electron chi connectivity index (χ0n) is 11.3. The second-order valence-corrected chi connectivity index (χ2v) is 5.12. The summed E-state index contributed by atoms with van der Waals surface area (Å²) in [7, 11) is 0. The molecule has 0 spiro atoms. The number of hydrogen-bond donors (Lipinski definition) is 2. The quantitative estimate of drug-likeness (QED) is 0.740. The molecule has 2 unspecified atom stereocenters. The molecule has 1 aliphatic heterocycles. The van der Waals surface area contributed by atoms with Crippen LogP contribution in [0.15, 0.2) is 0 Å². The van der Waals surface area contributed by atoms with E-state index < -0.39 is 12.0 Å². The first-order valence-corrected chi connectivity index (χ1v) is 6.83. The van der Waals surface area contributed by atoms with Crippen molar-refractivity contribution in [2.75, 3.05) is 13.1 Å². The van der Waals surface area contributed by atoms with Crippen molar-refractivity contribution in [1.82, 2.24) is 10.2 Å².